The minimum Gasteiger partial charge on any atom is -0.370 e. The van der Waals surface area contributed by atoms with E-state index in [2.05, 4.69) is 21.5 Å². The van der Waals surface area contributed by atoms with E-state index in [0.29, 0.717) is 11.0 Å². The van der Waals surface area contributed by atoms with E-state index >= 15 is 0 Å². The van der Waals surface area contributed by atoms with Gasteiger partial charge in [-0.05, 0) is 24.9 Å². The van der Waals surface area contributed by atoms with Crippen molar-refractivity contribution in [1.29, 1.82) is 0 Å². The topological polar surface area (TPSA) is 63.8 Å². The number of nitrogens with zero attached hydrogens (tertiary/aromatic N) is 2. The predicted molar refractivity (Wildman–Crippen MR) is 76.8 cm³/mol. The van der Waals surface area contributed by atoms with Crippen LogP contribution in [0.25, 0.3) is 0 Å². The number of nitrogen functional groups attached to an aromatic ring is 1. The maximum atomic E-state index is 5.77. The van der Waals surface area contributed by atoms with Crippen molar-refractivity contribution in [2.45, 2.75) is 25.7 Å². The van der Waals surface area contributed by atoms with E-state index in [1.165, 1.54) is 25.0 Å². The number of thioether (sulfide) groups is 1. The van der Waals surface area contributed by atoms with Gasteiger partial charge in [0.25, 0.3) is 0 Å². The maximum absolute atomic E-state index is 5.77. The summed E-state index contributed by atoms with van der Waals surface area (Å²) in [6.07, 6.45) is 7.10. The number of anilines is 2. The Hall–Kier alpha value is -0.680. The van der Waals surface area contributed by atoms with Gasteiger partial charge in [-0.15, -0.1) is 0 Å². The summed E-state index contributed by atoms with van der Waals surface area (Å²) in [6, 6.07) is 1.69. The smallest absolute Gasteiger partial charge is 0.223 e. The normalized spacial score (nSPS) is 10.5. The van der Waals surface area contributed by atoms with Gasteiger partial charge in [-0.25, -0.2) is 4.98 Å². The van der Waals surface area contributed by atoms with Crippen molar-refractivity contribution in [2.75, 3.05) is 29.6 Å². The number of aromatic nitrogens is 2. The second-order valence-electron chi connectivity index (χ2n) is 3.77. The first kappa shape index (κ1) is 14.4. The number of rotatable bonds is 8. The molecule has 0 aliphatic heterocycles. The highest BCUT2D eigenvalue weighted by atomic mass is 35.5. The highest BCUT2D eigenvalue weighted by molar-refractivity contribution is 7.98. The van der Waals surface area contributed by atoms with Crippen LogP contribution < -0.4 is 11.1 Å². The lowest BCUT2D eigenvalue weighted by atomic mass is 10.2. The van der Waals surface area contributed by atoms with Gasteiger partial charge in [0, 0.05) is 12.6 Å². The van der Waals surface area contributed by atoms with Crippen LogP contribution >= 0.6 is 23.4 Å². The molecule has 0 amide bonds. The zero-order valence-electron chi connectivity index (χ0n) is 10.1. The third kappa shape index (κ3) is 6.58. The van der Waals surface area contributed by atoms with Gasteiger partial charge in [0.15, 0.2) is 0 Å². The van der Waals surface area contributed by atoms with Crippen molar-refractivity contribution >= 4 is 35.1 Å². The lowest BCUT2D eigenvalue weighted by molar-refractivity contribution is 0.688. The average molecular weight is 275 g/mol. The fourth-order valence-corrected chi connectivity index (χ4v) is 2.15. The van der Waals surface area contributed by atoms with Crippen LogP contribution in [0.2, 0.25) is 5.15 Å². The van der Waals surface area contributed by atoms with E-state index in [4.69, 9.17) is 17.3 Å². The average Bonchev–Trinajstić information content (AvgIpc) is 2.26. The van der Waals surface area contributed by atoms with Crippen LogP contribution in [0.3, 0.4) is 0 Å². The minimum atomic E-state index is 0.208. The Morgan fingerprint density at radius 2 is 2.06 bits per heavy atom. The van der Waals surface area contributed by atoms with E-state index in [0.717, 1.165) is 13.0 Å². The van der Waals surface area contributed by atoms with Gasteiger partial charge in [0.1, 0.15) is 11.0 Å². The molecule has 0 aliphatic rings. The Labute approximate surface area is 112 Å². The molecular weight excluding hydrogens is 256 g/mol. The second kappa shape index (κ2) is 8.42. The molecule has 0 saturated carbocycles. The summed E-state index contributed by atoms with van der Waals surface area (Å²) < 4.78 is 0. The summed E-state index contributed by atoms with van der Waals surface area (Å²) in [4.78, 5) is 7.85. The lowest BCUT2D eigenvalue weighted by Gasteiger charge is -2.06. The number of hydrogen-bond donors (Lipinski definition) is 2. The highest BCUT2D eigenvalue weighted by Crippen LogP contribution is 2.12. The number of hydrogen-bond acceptors (Lipinski definition) is 5. The molecule has 0 radical (unpaired) electrons. The summed E-state index contributed by atoms with van der Waals surface area (Å²) in [5.41, 5.74) is 5.50. The highest BCUT2D eigenvalue weighted by Gasteiger charge is 1.99. The molecule has 6 heteroatoms. The van der Waals surface area contributed by atoms with E-state index in [1.807, 2.05) is 11.8 Å². The van der Waals surface area contributed by atoms with Gasteiger partial charge in [0.05, 0.1) is 0 Å². The van der Waals surface area contributed by atoms with Crippen molar-refractivity contribution in [3.05, 3.63) is 11.2 Å². The number of nitrogens with two attached hydrogens (primary N) is 1. The molecule has 0 saturated heterocycles. The molecule has 1 rings (SSSR count). The zero-order chi connectivity index (χ0) is 12.5. The SMILES string of the molecule is CSCCCCCCNc1cc(Cl)nc(N)n1. The summed E-state index contributed by atoms with van der Waals surface area (Å²) in [5.74, 6) is 2.16. The standard InChI is InChI=1S/C11H19ClN4S/c1-17-7-5-3-2-4-6-14-10-8-9(12)15-11(13)16-10/h8H,2-7H2,1H3,(H3,13,14,15,16). The van der Waals surface area contributed by atoms with Gasteiger partial charge in [-0.1, -0.05) is 24.4 Å². The second-order valence-corrected chi connectivity index (χ2v) is 5.14. The fourth-order valence-electron chi connectivity index (χ4n) is 1.47. The molecule has 1 aromatic heterocycles. The molecule has 0 spiro atoms. The quantitative estimate of drug-likeness (QED) is 0.563. The molecular formula is C11H19ClN4S. The van der Waals surface area contributed by atoms with Crippen molar-refractivity contribution in [3.8, 4) is 0 Å². The zero-order valence-corrected chi connectivity index (χ0v) is 11.7. The maximum Gasteiger partial charge on any atom is 0.223 e. The molecule has 4 nitrogen and oxygen atoms in total. The summed E-state index contributed by atoms with van der Waals surface area (Å²) in [7, 11) is 0. The van der Waals surface area contributed by atoms with Gasteiger partial charge in [-0.3, -0.25) is 0 Å². The molecule has 1 aromatic rings. The minimum absolute atomic E-state index is 0.208. The molecule has 0 fully saturated rings. The molecule has 96 valence electrons. The summed E-state index contributed by atoms with van der Waals surface area (Å²) >= 11 is 7.68. The van der Waals surface area contributed by atoms with Gasteiger partial charge < -0.3 is 11.1 Å². The van der Waals surface area contributed by atoms with Gasteiger partial charge in [0.2, 0.25) is 5.95 Å². The van der Waals surface area contributed by atoms with Crippen molar-refractivity contribution in [2.24, 2.45) is 0 Å². The Morgan fingerprint density at radius 3 is 2.76 bits per heavy atom. The summed E-state index contributed by atoms with van der Waals surface area (Å²) in [6.45, 7) is 0.895. The van der Waals surface area contributed by atoms with E-state index in [9.17, 15) is 0 Å². The third-order valence-electron chi connectivity index (χ3n) is 2.29. The van der Waals surface area contributed by atoms with Crippen LogP contribution in [0.15, 0.2) is 6.07 Å². The monoisotopic (exact) mass is 274 g/mol. The van der Waals surface area contributed by atoms with Crippen molar-refractivity contribution in [1.82, 2.24) is 9.97 Å². The molecule has 1 heterocycles. The molecule has 0 aliphatic carbocycles. The van der Waals surface area contributed by atoms with E-state index in [1.54, 1.807) is 6.07 Å². The van der Waals surface area contributed by atoms with Crippen molar-refractivity contribution < 1.29 is 0 Å². The Bertz CT molecular complexity index is 315. The predicted octanol–water partition coefficient (Wildman–Crippen LogP) is 3.05. The molecule has 0 atom stereocenters. The lowest BCUT2D eigenvalue weighted by Crippen LogP contribution is -2.05. The molecule has 3 N–H and O–H groups in total. The molecule has 17 heavy (non-hydrogen) atoms. The largest absolute Gasteiger partial charge is 0.370 e. The summed E-state index contributed by atoms with van der Waals surface area (Å²) in [5, 5.41) is 3.57. The Kier molecular flexibility index (Phi) is 7.12. The molecule has 0 bridgehead atoms. The van der Waals surface area contributed by atoms with Crippen LogP contribution in [0.4, 0.5) is 11.8 Å². The van der Waals surface area contributed by atoms with Crippen LogP contribution in [0, 0.1) is 0 Å². The Morgan fingerprint density at radius 1 is 1.29 bits per heavy atom. The first-order valence-corrected chi connectivity index (χ1v) is 7.52. The van der Waals surface area contributed by atoms with Crippen molar-refractivity contribution in [3.63, 3.8) is 0 Å². The fraction of sp³-hybridized carbons (Fsp3) is 0.636. The number of nitrogens with one attached hydrogen (secondary N) is 1. The number of unbranched alkanes of at least 4 members (excludes halogenated alkanes) is 3. The first-order chi connectivity index (χ1) is 8.22. The van der Waals surface area contributed by atoms with Gasteiger partial charge >= 0.3 is 0 Å². The first-order valence-electron chi connectivity index (χ1n) is 5.75. The van der Waals surface area contributed by atoms with Crippen LogP contribution in [0.5, 0.6) is 0 Å². The van der Waals surface area contributed by atoms with Gasteiger partial charge in [-0.2, -0.15) is 16.7 Å². The molecule has 0 aromatic carbocycles. The van der Waals surface area contributed by atoms with E-state index in [-0.39, 0.29) is 5.95 Å². The van der Waals surface area contributed by atoms with Crippen LogP contribution in [-0.2, 0) is 0 Å². The number of halogens is 1. The Balaban J connectivity index is 2.13. The van der Waals surface area contributed by atoms with E-state index < -0.39 is 0 Å². The van der Waals surface area contributed by atoms with Crippen LogP contribution in [0.1, 0.15) is 25.7 Å². The third-order valence-corrected chi connectivity index (χ3v) is 3.18. The molecule has 0 unspecified atom stereocenters. The van der Waals surface area contributed by atoms with Crippen LogP contribution in [-0.4, -0.2) is 28.5 Å².